The fraction of sp³-hybridized carbons (Fsp3) is 0.400. The predicted molar refractivity (Wildman–Crippen MR) is 53.9 cm³/mol. The highest BCUT2D eigenvalue weighted by molar-refractivity contribution is 6.32. The molecule has 90 valence electrons. The number of ether oxygens (including phenoxy) is 1. The Kier molecular flexibility index (Phi) is 4.29. The Morgan fingerprint density at radius 3 is 2.56 bits per heavy atom. The molecule has 0 aliphatic rings. The van der Waals surface area contributed by atoms with Crippen LogP contribution in [0.1, 0.15) is 12.8 Å². The second-order valence-electron chi connectivity index (χ2n) is 3.18. The third-order valence-corrected chi connectivity index (χ3v) is 2.10. The van der Waals surface area contributed by atoms with Gasteiger partial charge in [-0.05, 0) is 18.6 Å². The minimum atomic E-state index is -4.16. The van der Waals surface area contributed by atoms with E-state index in [2.05, 4.69) is 0 Å². The third-order valence-electron chi connectivity index (χ3n) is 1.79. The lowest BCUT2D eigenvalue weighted by Crippen LogP contribution is -2.09. The van der Waals surface area contributed by atoms with E-state index in [-0.39, 0.29) is 23.8 Å². The van der Waals surface area contributed by atoms with Gasteiger partial charge in [-0.3, -0.25) is 0 Å². The van der Waals surface area contributed by atoms with Crippen molar-refractivity contribution in [1.29, 1.82) is 0 Å². The van der Waals surface area contributed by atoms with Crippen molar-refractivity contribution in [2.24, 2.45) is 0 Å². The van der Waals surface area contributed by atoms with Gasteiger partial charge >= 0.3 is 6.18 Å². The summed E-state index contributed by atoms with van der Waals surface area (Å²) >= 11 is 5.59. The quantitative estimate of drug-likeness (QED) is 0.829. The Morgan fingerprint density at radius 1 is 1.31 bits per heavy atom. The molecule has 0 aromatic heterocycles. The van der Waals surface area contributed by atoms with Gasteiger partial charge in [-0.2, -0.15) is 13.2 Å². The summed E-state index contributed by atoms with van der Waals surface area (Å²) in [5, 5.41) is 9.19. The topological polar surface area (TPSA) is 29.5 Å². The predicted octanol–water partition coefficient (Wildman–Crippen LogP) is 3.77. The smallest absolute Gasteiger partial charge is 0.389 e. The monoisotopic (exact) mass is 254 g/mol. The van der Waals surface area contributed by atoms with Crippen LogP contribution < -0.4 is 4.74 Å². The standard InChI is InChI=1S/C10H10ClF3O2/c11-8-6-7(2-3-9(8)15)16-5-1-4-10(12,13)14/h2-3,6,15H,1,4-5H2. The minimum absolute atomic E-state index is 0.0411. The Labute approximate surface area is 95.6 Å². The number of halogens is 4. The molecule has 0 atom stereocenters. The van der Waals surface area contributed by atoms with Gasteiger partial charge in [0.15, 0.2) is 0 Å². The number of rotatable bonds is 4. The maximum atomic E-state index is 11.8. The Hall–Kier alpha value is -1.10. The van der Waals surface area contributed by atoms with Gasteiger partial charge < -0.3 is 9.84 Å². The van der Waals surface area contributed by atoms with Crippen molar-refractivity contribution < 1.29 is 23.0 Å². The van der Waals surface area contributed by atoms with Crippen LogP contribution in [0.25, 0.3) is 0 Å². The van der Waals surface area contributed by atoms with E-state index in [0.717, 1.165) is 0 Å². The first kappa shape index (κ1) is 13.0. The molecule has 0 amide bonds. The highest BCUT2D eigenvalue weighted by Crippen LogP contribution is 2.27. The molecule has 0 saturated heterocycles. The lowest BCUT2D eigenvalue weighted by molar-refractivity contribution is -0.136. The van der Waals surface area contributed by atoms with Crippen molar-refractivity contribution in [3.8, 4) is 11.5 Å². The van der Waals surface area contributed by atoms with Crippen LogP contribution in [0.15, 0.2) is 18.2 Å². The van der Waals surface area contributed by atoms with Crippen LogP contribution in [0.2, 0.25) is 5.02 Å². The molecular formula is C10H10ClF3O2. The van der Waals surface area contributed by atoms with E-state index in [1.165, 1.54) is 18.2 Å². The minimum Gasteiger partial charge on any atom is -0.506 e. The summed E-state index contributed by atoms with van der Waals surface area (Å²) < 4.78 is 40.4. The van der Waals surface area contributed by atoms with Gasteiger partial charge in [0.2, 0.25) is 0 Å². The molecule has 0 saturated carbocycles. The molecule has 0 fully saturated rings. The van der Waals surface area contributed by atoms with E-state index in [1.807, 2.05) is 0 Å². The van der Waals surface area contributed by atoms with E-state index >= 15 is 0 Å². The van der Waals surface area contributed by atoms with Crippen molar-refractivity contribution >= 4 is 11.6 Å². The number of phenolic OH excluding ortho intramolecular Hbond substituents is 1. The maximum Gasteiger partial charge on any atom is 0.389 e. The zero-order chi connectivity index (χ0) is 12.2. The largest absolute Gasteiger partial charge is 0.506 e. The van der Waals surface area contributed by atoms with Gasteiger partial charge in [0.05, 0.1) is 11.6 Å². The molecule has 0 unspecified atom stereocenters. The second-order valence-corrected chi connectivity index (χ2v) is 3.59. The molecule has 1 aromatic rings. The van der Waals surface area contributed by atoms with Crippen molar-refractivity contribution in [1.82, 2.24) is 0 Å². The van der Waals surface area contributed by atoms with Gasteiger partial charge in [-0.1, -0.05) is 11.6 Å². The van der Waals surface area contributed by atoms with Gasteiger partial charge in [0.25, 0.3) is 0 Å². The number of alkyl halides is 3. The highest BCUT2D eigenvalue weighted by Gasteiger charge is 2.26. The van der Waals surface area contributed by atoms with Crippen LogP contribution in [0, 0.1) is 0 Å². The molecule has 0 aliphatic heterocycles. The van der Waals surface area contributed by atoms with Crippen LogP contribution in [0.5, 0.6) is 11.5 Å². The molecule has 6 heteroatoms. The molecule has 1 aromatic carbocycles. The lowest BCUT2D eigenvalue weighted by Gasteiger charge is -2.08. The van der Waals surface area contributed by atoms with E-state index in [9.17, 15) is 13.2 Å². The molecule has 0 radical (unpaired) electrons. The van der Waals surface area contributed by atoms with Gasteiger partial charge in [0, 0.05) is 12.5 Å². The fourth-order valence-electron chi connectivity index (χ4n) is 1.04. The first-order chi connectivity index (χ1) is 7.38. The number of hydrogen-bond acceptors (Lipinski definition) is 2. The van der Waals surface area contributed by atoms with Crippen molar-refractivity contribution in [3.63, 3.8) is 0 Å². The van der Waals surface area contributed by atoms with Gasteiger partial charge in [-0.15, -0.1) is 0 Å². The van der Waals surface area contributed by atoms with Gasteiger partial charge in [-0.25, -0.2) is 0 Å². The van der Waals surface area contributed by atoms with E-state index in [0.29, 0.717) is 5.75 Å². The molecule has 16 heavy (non-hydrogen) atoms. The fourth-order valence-corrected chi connectivity index (χ4v) is 1.21. The first-order valence-corrected chi connectivity index (χ1v) is 4.94. The van der Waals surface area contributed by atoms with Crippen molar-refractivity contribution in [2.75, 3.05) is 6.61 Å². The second kappa shape index (κ2) is 5.30. The summed E-state index contributed by atoms with van der Waals surface area (Å²) in [5.74, 6) is 0.245. The molecule has 0 heterocycles. The normalized spacial score (nSPS) is 11.5. The molecule has 0 aliphatic carbocycles. The Balaban J connectivity index is 2.35. The Bertz CT molecular complexity index is 352. The zero-order valence-corrected chi connectivity index (χ0v) is 8.98. The first-order valence-electron chi connectivity index (χ1n) is 4.56. The molecule has 1 N–H and O–H groups in total. The Morgan fingerprint density at radius 2 is 2.00 bits per heavy atom. The van der Waals surface area contributed by atoms with Crippen LogP contribution in [-0.4, -0.2) is 17.9 Å². The summed E-state index contributed by atoms with van der Waals surface area (Å²) in [6, 6.07) is 4.11. The molecule has 0 spiro atoms. The van der Waals surface area contributed by atoms with E-state index in [4.69, 9.17) is 21.4 Å². The molecular weight excluding hydrogens is 245 g/mol. The van der Waals surface area contributed by atoms with Crippen molar-refractivity contribution in [3.05, 3.63) is 23.2 Å². The lowest BCUT2D eigenvalue weighted by atomic mass is 10.3. The van der Waals surface area contributed by atoms with Gasteiger partial charge in [0.1, 0.15) is 11.5 Å². The number of hydrogen-bond donors (Lipinski definition) is 1. The van der Waals surface area contributed by atoms with Crippen LogP contribution in [0.4, 0.5) is 13.2 Å². The molecule has 1 rings (SSSR count). The number of aromatic hydroxyl groups is 1. The summed E-state index contributed by atoms with van der Waals surface area (Å²) in [4.78, 5) is 0. The third kappa shape index (κ3) is 4.61. The van der Waals surface area contributed by atoms with E-state index in [1.54, 1.807) is 0 Å². The number of phenols is 1. The van der Waals surface area contributed by atoms with Crippen LogP contribution >= 0.6 is 11.6 Å². The summed E-state index contributed by atoms with van der Waals surface area (Å²) in [6.07, 6.45) is -5.14. The number of benzene rings is 1. The average molecular weight is 255 g/mol. The summed E-state index contributed by atoms with van der Waals surface area (Å²) in [7, 11) is 0. The van der Waals surface area contributed by atoms with Crippen LogP contribution in [0.3, 0.4) is 0 Å². The molecule has 2 nitrogen and oxygen atoms in total. The zero-order valence-electron chi connectivity index (χ0n) is 8.22. The maximum absolute atomic E-state index is 11.8. The highest BCUT2D eigenvalue weighted by atomic mass is 35.5. The van der Waals surface area contributed by atoms with Crippen LogP contribution in [-0.2, 0) is 0 Å². The summed E-state index contributed by atoms with van der Waals surface area (Å²) in [6.45, 7) is -0.0411. The molecule has 0 bridgehead atoms. The average Bonchev–Trinajstić information content (AvgIpc) is 2.17. The van der Waals surface area contributed by atoms with E-state index < -0.39 is 12.6 Å². The van der Waals surface area contributed by atoms with Crippen molar-refractivity contribution in [2.45, 2.75) is 19.0 Å². The summed E-state index contributed by atoms with van der Waals surface area (Å²) in [5.41, 5.74) is 0. The SMILES string of the molecule is Oc1ccc(OCCCC(F)(F)F)cc1Cl.